The molecule has 9 nitrogen and oxygen atoms in total. The summed E-state index contributed by atoms with van der Waals surface area (Å²) in [6.45, 7) is 6.48. The molecule has 0 amide bonds. The van der Waals surface area contributed by atoms with Gasteiger partial charge in [-0.2, -0.15) is 0 Å². The smallest absolute Gasteiger partial charge is 0.306 e. The van der Waals surface area contributed by atoms with Crippen molar-refractivity contribution in [2.45, 2.75) is 94.0 Å². The average molecular weight is 538 g/mol. The highest BCUT2D eigenvalue weighted by Crippen LogP contribution is 2.80. The Bertz CT molecular complexity index is 950. The molecule has 216 valence electrons. The van der Waals surface area contributed by atoms with Crippen molar-refractivity contribution in [3.05, 3.63) is 0 Å². The highest BCUT2D eigenvalue weighted by molar-refractivity contribution is 5.69. The molecule has 13 atom stereocenters. The van der Waals surface area contributed by atoms with E-state index in [-0.39, 0.29) is 59.2 Å². The van der Waals surface area contributed by atoms with Gasteiger partial charge in [-0.25, -0.2) is 0 Å². The number of carbonyl (C=O) groups excluding carboxylic acids is 1. The second-order valence-electron chi connectivity index (χ2n) is 13.2. The Hall–Kier alpha value is -0.810. The van der Waals surface area contributed by atoms with Gasteiger partial charge in [0.25, 0.3) is 0 Å². The number of hydrogen-bond acceptors (Lipinski definition) is 9. The van der Waals surface area contributed by atoms with Gasteiger partial charge in [-0.3, -0.25) is 9.69 Å². The number of methoxy groups -OCH3 is 4. The Labute approximate surface area is 226 Å². The lowest BCUT2D eigenvalue weighted by molar-refractivity contribution is -0.285. The molecule has 5 saturated carbocycles. The van der Waals surface area contributed by atoms with Gasteiger partial charge in [0.1, 0.15) is 11.7 Å². The number of rotatable bonds is 9. The lowest BCUT2D eigenvalue weighted by Gasteiger charge is -2.69. The second kappa shape index (κ2) is 9.10. The molecule has 1 heterocycles. The van der Waals surface area contributed by atoms with Crippen LogP contribution in [0.25, 0.3) is 0 Å². The minimum Gasteiger partial charge on any atom is -0.459 e. The van der Waals surface area contributed by atoms with E-state index in [0.29, 0.717) is 25.9 Å². The Morgan fingerprint density at radius 1 is 0.974 bits per heavy atom. The van der Waals surface area contributed by atoms with Gasteiger partial charge in [-0.15, -0.1) is 0 Å². The van der Waals surface area contributed by atoms with Crippen molar-refractivity contribution in [1.82, 2.24) is 4.90 Å². The summed E-state index contributed by atoms with van der Waals surface area (Å²) in [5.41, 5.74) is -3.14. The fourth-order valence-corrected chi connectivity index (χ4v) is 11.5. The molecular weight excluding hydrogens is 490 g/mol. The number of carbonyl (C=O) groups is 1. The molecule has 0 aromatic carbocycles. The molecule has 0 aromatic heterocycles. The first kappa shape index (κ1) is 27.4. The quantitative estimate of drug-likeness (QED) is 0.425. The molecule has 1 saturated heterocycles. The number of fused-ring (bicyclic) bond motifs is 2. The second-order valence-corrected chi connectivity index (χ2v) is 13.2. The van der Waals surface area contributed by atoms with Crippen molar-refractivity contribution in [2.75, 3.05) is 48.1 Å². The van der Waals surface area contributed by atoms with E-state index in [1.54, 1.807) is 28.4 Å². The standard InChI is InChI=1S/C29H47NO8/c1-7-9-19(31)38-25-20-16-12-27(25,32)18(36-5)13-28(20,33)21-22(37-6)23-26(15-34-3)11-10-17(35-4)29(16,23)24(21)30(8-2)14-26/h16-18,20-25,32-33H,7-15H2,1-6H3/t16-,17?,18+,20-,21+,22+,23-,24-,25-,26+,27-,28-,29+/m1/s1. The summed E-state index contributed by atoms with van der Waals surface area (Å²) in [6, 6.07) is 0.0221. The van der Waals surface area contributed by atoms with Gasteiger partial charge in [0.15, 0.2) is 0 Å². The Morgan fingerprint density at radius 2 is 1.71 bits per heavy atom. The van der Waals surface area contributed by atoms with Gasteiger partial charge in [-0.1, -0.05) is 13.8 Å². The molecule has 1 aliphatic heterocycles. The zero-order valence-corrected chi connectivity index (χ0v) is 23.9. The molecule has 0 aromatic rings. The van der Waals surface area contributed by atoms with Crippen LogP contribution in [-0.2, 0) is 28.5 Å². The number of ether oxygens (including phenoxy) is 5. The van der Waals surface area contributed by atoms with Crippen molar-refractivity contribution in [1.29, 1.82) is 0 Å². The van der Waals surface area contributed by atoms with Gasteiger partial charge < -0.3 is 33.9 Å². The maximum absolute atomic E-state index is 13.0. The third-order valence-electron chi connectivity index (χ3n) is 12.2. The van der Waals surface area contributed by atoms with Crippen LogP contribution in [0.3, 0.4) is 0 Å². The summed E-state index contributed by atoms with van der Waals surface area (Å²) in [7, 11) is 6.94. The Kier molecular flexibility index (Phi) is 6.55. The first-order valence-electron chi connectivity index (χ1n) is 14.6. The van der Waals surface area contributed by atoms with E-state index in [4.69, 9.17) is 23.7 Å². The number of aliphatic hydroxyl groups is 2. The van der Waals surface area contributed by atoms with E-state index in [0.717, 1.165) is 25.9 Å². The minimum absolute atomic E-state index is 0.0221. The molecule has 5 aliphatic carbocycles. The number of esters is 1. The molecule has 0 radical (unpaired) electrons. The van der Waals surface area contributed by atoms with E-state index < -0.39 is 29.3 Å². The molecule has 9 heteroatoms. The van der Waals surface area contributed by atoms with Crippen molar-refractivity contribution in [3.8, 4) is 0 Å². The van der Waals surface area contributed by atoms with Crippen LogP contribution in [-0.4, -0.2) is 111 Å². The van der Waals surface area contributed by atoms with Crippen LogP contribution in [0.15, 0.2) is 0 Å². The van der Waals surface area contributed by atoms with E-state index in [1.807, 2.05) is 6.92 Å². The first-order chi connectivity index (χ1) is 18.2. The monoisotopic (exact) mass is 537 g/mol. The molecule has 1 unspecified atom stereocenters. The van der Waals surface area contributed by atoms with Gasteiger partial charge >= 0.3 is 5.97 Å². The summed E-state index contributed by atoms with van der Waals surface area (Å²) >= 11 is 0. The molecule has 6 aliphatic rings. The Morgan fingerprint density at radius 3 is 2.32 bits per heavy atom. The topological polar surface area (TPSA) is 107 Å². The molecular formula is C29H47NO8. The van der Waals surface area contributed by atoms with Crippen LogP contribution in [0.1, 0.15) is 52.4 Å². The zero-order chi connectivity index (χ0) is 27.3. The fraction of sp³-hybridized carbons (Fsp3) is 0.966. The minimum atomic E-state index is -1.37. The van der Waals surface area contributed by atoms with Gasteiger partial charge in [-0.05, 0) is 38.1 Å². The van der Waals surface area contributed by atoms with Crippen LogP contribution < -0.4 is 0 Å². The summed E-state index contributed by atoms with van der Waals surface area (Å²) in [6.07, 6.45) is 1.72. The maximum atomic E-state index is 13.0. The normalized spacial score (nSPS) is 54.3. The number of likely N-dealkylation sites (tertiary alicyclic amines) is 1. The Balaban J connectivity index is 1.60. The van der Waals surface area contributed by atoms with Crippen molar-refractivity contribution < 1.29 is 38.7 Å². The summed E-state index contributed by atoms with van der Waals surface area (Å²) < 4.78 is 30.8. The number of piperidine rings is 1. The van der Waals surface area contributed by atoms with E-state index in [2.05, 4.69) is 11.8 Å². The summed E-state index contributed by atoms with van der Waals surface area (Å²) in [5.74, 6) is -1.02. The van der Waals surface area contributed by atoms with Crippen LogP contribution >= 0.6 is 0 Å². The van der Waals surface area contributed by atoms with E-state index in [1.165, 1.54) is 0 Å². The van der Waals surface area contributed by atoms with Crippen LogP contribution in [0.5, 0.6) is 0 Å². The number of nitrogens with zero attached hydrogens (tertiary/aromatic N) is 1. The van der Waals surface area contributed by atoms with Crippen molar-refractivity contribution >= 4 is 5.97 Å². The third kappa shape index (κ3) is 3.00. The molecule has 6 rings (SSSR count). The lowest BCUT2D eigenvalue weighted by Crippen LogP contribution is -2.77. The molecule has 6 fully saturated rings. The highest BCUT2D eigenvalue weighted by Gasteiger charge is 2.88. The van der Waals surface area contributed by atoms with E-state index >= 15 is 0 Å². The SMILES string of the molecule is CCCC(=O)O[C@@H]1[C@H]2[C@H]3C[C@@]1(O)[C@@H](OC)C[C@]2(O)[C@H]1[C@H](OC)[C@@H]2[C@@]4(COC)CCC(OC)[C@@]32[C@@H]1N(CC)C4. The highest BCUT2D eigenvalue weighted by atomic mass is 16.6. The molecule has 7 bridgehead atoms. The molecule has 38 heavy (non-hydrogen) atoms. The largest absolute Gasteiger partial charge is 0.459 e. The fourth-order valence-electron chi connectivity index (χ4n) is 11.5. The predicted octanol–water partition coefficient (Wildman–Crippen LogP) is 1.62. The van der Waals surface area contributed by atoms with Crippen LogP contribution in [0, 0.1) is 34.5 Å². The molecule has 1 spiro atoms. The zero-order valence-electron chi connectivity index (χ0n) is 23.9. The third-order valence-corrected chi connectivity index (χ3v) is 12.2. The van der Waals surface area contributed by atoms with Crippen LogP contribution in [0.2, 0.25) is 0 Å². The predicted molar refractivity (Wildman–Crippen MR) is 137 cm³/mol. The molecule has 2 N–H and O–H groups in total. The van der Waals surface area contributed by atoms with Gasteiger partial charge in [0.05, 0.1) is 30.5 Å². The maximum Gasteiger partial charge on any atom is 0.306 e. The average Bonchev–Trinajstić information content (AvgIpc) is 3.27. The summed E-state index contributed by atoms with van der Waals surface area (Å²) in [5, 5.41) is 25.3. The van der Waals surface area contributed by atoms with Gasteiger partial charge in [0, 0.05) is 82.5 Å². The van der Waals surface area contributed by atoms with Gasteiger partial charge in [0.2, 0.25) is 0 Å². The first-order valence-corrected chi connectivity index (χ1v) is 14.6. The van der Waals surface area contributed by atoms with Crippen LogP contribution in [0.4, 0.5) is 0 Å². The number of hydrogen-bond donors (Lipinski definition) is 2. The van der Waals surface area contributed by atoms with Crippen molar-refractivity contribution in [3.63, 3.8) is 0 Å². The lowest BCUT2D eigenvalue weighted by atomic mass is 9.43. The summed E-state index contributed by atoms with van der Waals surface area (Å²) in [4.78, 5) is 15.5. The van der Waals surface area contributed by atoms with Crippen molar-refractivity contribution in [2.24, 2.45) is 34.5 Å². The van der Waals surface area contributed by atoms with E-state index in [9.17, 15) is 15.0 Å².